The molecule has 0 spiro atoms. The summed E-state index contributed by atoms with van der Waals surface area (Å²) in [6.07, 6.45) is 1.17. The second kappa shape index (κ2) is 6.25. The SMILES string of the molecule is C=CC(=O)[Se]NC(CS)C(=O)O. The number of thiol groups is 1. The predicted octanol–water partition coefficient (Wildman–Crippen LogP) is -0.709. The van der Waals surface area contributed by atoms with E-state index >= 15 is 0 Å². The van der Waals surface area contributed by atoms with Crippen LogP contribution in [0.1, 0.15) is 0 Å². The second-order valence-corrected chi connectivity index (χ2v) is 3.95. The van der Waals surface area contributed by atoms with Crippen molar-refractivity contribution in [2.45, 2.75) is 6.04 Å². The molecule has 0 saturated heterocycles. The molecule has 0 aromatic rings. The number of carbonyl (C=O) groups excluding carboxylic acids is 1. The van der Waals surface area contributed by atoms with Crippen LogP contribution in [0.25, 0.3) is 0 Å². The van der Waals surface area contributed by atoms with Crippen molar-refractivity contribution in [2.24, 2.45) is 0 Å². The Morgan fingerprint density at radius 3 is 2.67 bits per heavy atom. The van der Waals surface area contributed by atoms with Crippen molar-refractivity contribution in [3.05, 3.63) is 12.7 Å². The van der Waals surface area contributed by atoms with E-state index in [0.717, 1.165) is 0 Å². The minimum atomic E-state index is -0.997. The van der Waals surface area contributed by atoms with Gasteiger partial charge in [-0.05, 0) is 0 Å². The Labute approximate surface area is 82.2 Å². The van der Waals surface area contributed by atoms with Gasteiger partial charge in [0.2, 0.25) is 0 Å². The Hall–Kier alpha value is -0.291. The maximum absolute atomic E-state index is 10.7. The molecule has 1 unspecified atom stereocenters. The molecule has 2 N–H and O–H groups in total. The van der Waals surface area contributed by atoms with E-state index in [4.69, 9.17) is 5.11 Å². The monoisotopic (exact) mass is 255 g/mol. The Balaban J connectivity index is 3.80. The number of nitrogens with one attached hydrogen (secondary N) is 1. The predicted molar refractivity (Wildman–Crippen MR) is 49.4 cm³/mol. The van der Waals surface area contributed by atoms with Gasteiger partial charge < -0.3 is 0 Å². The first-order valence-corrected chi connectivity index (χ1v) is 5.38. The van der Waals surface area contributed by atoms with Gasteiger partial charge in [0.1, 0.15) is 0 Å². The van der Waals surface area contributed by atoms with Crippen molar-refractivity contribution in [3.8, 4) is 0 Å². The van der Waals surface area contributed by atoms with Gasteiger partial charge in [0.05, 0.1) is 0 Å². The van der Waals surface area contributed by atoms with Crippen LogP contribution in [-0.2, 0) is 9.59 Å². The molecular formula is C6H9NO3SSe. The van der Waals surface area contributed by atoms with Gasteiger partial charge >= 0.3 is 81.9 Å². The molecule has 0 amide bonds. The van der Waals surface area contributed by atoms with Crippen LogP contribution >= 0.6 is 12.6 Å². The summed E-state index contributed by atoms with van der Waals surface area (Å²) in [4.78, 5) is 21.1. The summed E-state index contributed by atoms with van der Waals surface area (Å²) in [6, 6.07) is -0.753. The molecule has 0 aromatic heterocycles. The maximum atomic E-state index is 10.7. The number of carboxylic acid groups (broad SMARTS) is 1. The van der Waals surface area contributed by atoms with E-state index in [1.165, 1.54) is 6.08 Å². The zero-order chi connectivity index (χ0) is 9.56. The number of carboxylic acids is 1. The molecule has 0 fully saturated rings. The fourth-order valence-corrected chi connectivity index (χ4v) is 1.97. The zero-order valence-electron chi connectivity index (χ0n) is 6.19. The van der Waals surface area contributed by atoms with E-state index in [9.17, 15) is 9.59 Å². The summed E-state index contributed by atoms with van der Waals surface area (Å²) in [5.74, 6) is -0.828. The third-order valence-electron chi connectivity index (χ3n) is 0.949. The number of allylic oxidation sites excluding steroid dienone is 1. The van der Waals surface area contributed by atoms with Gasteiger partial charge in [0.15, 0.2) is 0 Å². The van der Waals surface area contributed by atoms with Crippen LogP contribution in [0.2, 0.25) is 0 Å². The molecule has 12 heavy (non-hydrogen) atoms. The van der Waals surface area contributed by atoms with Crippen molar-refractivity contribution in [1.82, 2.24) is 4.33 Å². The molecule has 1 atom stereocenters. The number of hydrogen-bond donors (Lipinski definition) is 3. The molecule has 0 radical (unpaired) electrons. The minimum absolute atomic E-state index is 0.168. The van der Waals surface area contributed by atoms with E-state index < -0.39 is 27.2 Å². The normalized spacial score (nSPS) is 12.1. The summed E-state index contributed by atoms with van der Waals surface area (Å²) >= 11 is 3.27. The van der Waals surface area contributed by atoms with Crippen molar-refractivity contribution in [2.75, 3.05) is 5.75 Å². The quantitative estimate of drug-likeness (QED) is 0.333. The summed E-state index contributed by atoms with van der Waals surface area (Å²) < 4.78 is 2.41. The molecule has 4 nitrogen and oxygen atoms in total. The Kier molecular flexibility index (Phi) is 6.10. The molecule has 0 rings (SSSR count). The van der Waals surface area contributed by atoms with Crippen LogP contribution in [0.4, 0.5) is 0 Å². The van der Waals surface area contributed by atoms with Crippen molar-refractivity contribution in [1.29, 1.82) is 0 Å². The van der Waals surface area contributed by atoms with Crippen LogP contribution in [0.15, 0.2) is 12.7 Å². The molecule has 0 bridgehead atoms. The molecule has 6 heteroatoms. The molecule has 0 heterocycles. The fourth-order valence-electron chi connectivity index (χ4n) is 0.337. The first kappa shape index (κ1) is 11.7. The van der Waals surface area contributed by atoms with Crippen LogP contribution in [0.5, 0.6) is 0 Å². The summed E-state index contributed by atoms with van der Waals surface area (Å²) in [6.45, 7) is 3.27. The van der Waals surface area contributed by atoms with Crippen LogP contribution in [0, 0.1) is 0 Å². The van der Waals surface area contributed by atoms with E-state index in [1.807, 2.05) is 0 Å². The molecule has 0 aliphatic rings. The third-order valence-corrected chi connectivity index (χ3v) is 2.93. The molecule has 0 aliphatic carbocycles. The van der Waals surface area contributed by atoms with E-state index in [2.05, 4.69) is 23.5 Å². The molecule has 0 saturated carbocycles. The van der Waals surface area contributed by atoms with Gasteiger partial charge in [-0.15, -0.1) is 0 Å². The van der Waals surface area contributed by atoms with Gasteiger partial charge in [-0.1, -0.05) is 0 Å². The number of aliphatic carboxylic acids is 1. The zero-order valence-corrected chi connectivity index (χ0v) is 8.80. The van der Waals surface area contributed by atoms with Gasteiger partial charge in [-0.2, -0.15) is 0 Å². The topological polar surface area (TPSA) is 66.4 Å². The molecule has 68 valence electrons. The van der Waals surface area contributed by atoms with Gasteiger partial charge in [0.25, 0.3) is 0 Å². The van der Waals surface area contributed by atoms with Crippen LogP contribution < -0.4 is 4.33 Å². The summed E-state index contributed by atoms with van der Waals surface area (Å²) in [5.41, 5.74) is 0. The molecular weight excluding hydrogens is 245 g/mol. The van der Waals surface area contributed by atoms with E-state index in [-0.39, 0.29) is 10.4 Å². The summed E-state index contributed by atoms with van der Waals surface area (Å²) in [5, 5.41) is 8.52. The summed E-state index contributed by atoms with van der Waals surface area (Å²) in [7, 11) is 0. The standard InChI is InChI=1S/C6H9NO3SSe/c1-2-5(8)12-7-4(3-11)6(9)10/h2,4,7,11H,1,3H2,(H,9,10). The van der Waals surface area contributed by atoms with E-state index in [1.54, 1.807) is 0 Å². The van der Waals surface area contributed by atoms with E-state index in [0.29, 0.717) is 0 Å². The second-order valence-electron chi connectivity index (χ2n) is 1.82. The Bertz CT molecular complexity index is 197. The molecule has 0 aromatic carbocycles. The average Bonchev–Trinajstić information content (AvgIpc) is 2.04. The number of carbonyl (C=O) groups is 2. The Morgan fingerprint density at radius 1 is 1.75 bits per heavy atom. The van der Waals surface area contributed by atoms with Crippen molar-refractivity contribution < 1.29 is 14.7 Å². The van der Waals surface area contributed by atoms with Crippen molar-refractivity contribution >= 4 is 38.5 Å². The van der Waals surface area contributed by atoms with Gasteiger partial charge in [-0.3, -0.25) is 0 Å². The Morgan fingerprint density at radius 2 is 2.33 bits per heavy atom. The first-order valence-electron chi connectivity index (χ1n) is 3.04. The van der Waals surface area contributed by atoms with Gasteiger partial charge in [-0.25, -0.2) is 0 Å². The van der Waals surface area contributed by atoms with Crippen LogP contribution in [0.3, 0.4) is 0 Å². The fraction of sp³-hybridized carbons (Fsp3) is 0.333. The third kappa shape index (κ3) is 4.56. The number of rotatable bonds is 6. The van der Waals surface area contributed by atoms with Gasteiger partial charge in [0, 0.05) is 0 Å². The molecule has 0 aliphatic heterocycles. The average molecular weight is 254 g/mol. The number of hydrogen-bond acceptors (Lipinski definition) is 4. The van der Waals surface area contributed by atoms with Crippen molar-refractivity contribution in [3.63, 3.8) is 0 Å². The van der Waals surface area contributed by atoms with Crippen LogP contribution in [-0.4, -0.2) is 42.7 Å². The first-order chi connectivity index (χ1) is 5.61.